The summed E-state index contributed by atoms with van der Waals surface area (Å²) in [4.78, 5) is 19.3. The lowest BCUT2D eigenvalue weighted by Crippen LogP contribution is -2.34. The van der Waals surface area contributed by atoms with Crippen molar-refractivity contribution in [3.63, 3.8) is 0 Å². The van der Waals surface area contributed by atoms with E-state index in [1.807, 2.05) is 18.2 Å². The van der Waals surface area contributed by atoms with Crippen molar-refractivity contribution in [2.75, 3.05) is 0 Å². The number of carbonyl (C=O) groups is 1. The molecule has 0 aliphatic heterocycles. The quantitative estimate of drug-likeness (QED) is 0.644. The summed E-state index contributed by atoms with van der Waals surface area (Å²) in [5.74, 6) is 0.0358. The lowest BCUT2D eigenvalue weighted by atomic mass is 9.98. The Hall–Kier alpha value is -2.98. The number of nitrogens with one attached hydrogen (secondary N) is 1. The Morgan fingerprint density at radius 2 is 1.85 bits per heavy atom. The standard InChI is InChI=1S/C23H25N3O/c1-17(7-8-18-5-3-2-4-6-18)20-11-9-19(10-12-20)13-23(27)22(24)14-21-15-25-16-26-21/h2-7,9-12,15-16,22H,8,13-14,24H2,1H3,(H,25,26)/b17-7+/t22-/m0/s1. The molecule has 1 atom stereocenters. The van der Waals surface area contributed by atoms with Crippen LogP contribution in [0.3, 0.4) is 0 Å². The van der Waals surface area contributed by atoms with Crippen molar-refractivity contribution in [2.45, 2.75) is 32.2 Å². The van der Waals surface area contributed by atoms with E-state index < -0.39 is 6.04 Å². The van der Waals surface area contributed by atoms with Crippen molar-refractivity contribution < 1.29 is 4.79 Å². The fourth-order valence-electron chi connectivity index (χ4n) is 2.97. The second kappa shape index (κ2) is 9.10. The minimum absolute atomic E-state index is 0.0358. The third-order valence-corrected chi connectivity index (χ3v) is 4.68. The Labute approximate surface area is 160 Å². The number of nitrogens with two attached hydrogens (primary N) is 1. The monoisotopic (exact) mass is 359 g/mol. The molecule has 0 saturated carbocycles. The van der Waals surface area contributed by atoms with Crippen LogP contribution in [0.15, 0.2) is 73.2 Å². The number of carbonyl (C=O) groups excluding carboxylic acids is 1. The van der Waals surface area contributed by atoms with E-state index in [0.717, 1.165) is 17.7 Å². The fraction of sp³-hybridized carbons (Fsp3) is 0.217. The second-order valence-corrected chi connectivity index (χ2v) is 6.80. The zero-order valence-corrected chi connectivity index (χ0v) is 15.6. The van der Waals surface area contributed by atoms with Crippen molar-refractivity contribution in [2.24, 2.45) is 5.73 Å². The van der Waals surface area contributed by atoms with Crippen molar-refractivity contribution in [1.29, 1.82) is 0 Å². The Balaban J connectivity index is 1.57. The molecule has 27 heavy (non-hydrogen) atoms. The van der Waals surface area contributed by atoms with E-state index in [0.29, 0.717) is 12.8 Å². The predicted molar refractivity (Wildman–Crippen MR) is 109 cm³/mol. The van der Waals surface area contributed by atoms with Gasteiger partial charge in [0.05, 0.1) is 12.4 Å². The molecule has 0 unspecified atom stereocenters. The van der Waals surface area contributed by atoms with Crippen LogP contribution in [-0.4, -0.2) is 21.8 Å². The molecule has 3 aromatic rings. The minimum Gasteiger partial charge on any atom is -0.348 e. The lowest BCUT2D eigenvalue weighted by molar-refractivity contribution is -0.119. The summed E-state index contributed by atoms with van der Waals surface area (Å²) in [7, 11) is 0. The number of Topliss-reactive ketones (excluding diaryl/α,β-unsaturated/α-hetero) is 1. The number of nitrogens with zero attached hydrogens (tertiary/aromatic N) is 1. The number of benzene rings is 2. The van der Waals surface area contributed by atoms with E-state index >= 15 is 0 Å². The van der Waals surface area contributed by atoms with E-state index in [2.05, 4.69) is 59.4 Å². The molecule has 0 bridgehead atoms. The van der Waals surface area contributed by atoms with E-state index in [4.69, 9.17) is 5.73 Å². The number of hydrogen-bond acceptors (Lipinski definition) is 3. The van der Waals surface area contributed by atoms with Crippen molar-refractivity contribution in [3.8, 4) is 0 Å². The molecule has 0 fully saturated rings. The van der Waals surface area contributed by atoms with Crippen molar-refractivity contribution in [3.05, 3.63) is 95.6 Å². The summed E-state index contributed by atoms with van der Waals surface area (Å²) in [5, 5.41) is 0. The Bertz CT molecular complexity index is 881. The van der Waals surface area contributed by atoms with Gasteiger partial charge in [-0.25, -0.2) is 4.98 Å². The first kappa shape index (κ1) is 18.8. The summed E-state index contributed by atoms with van der Waals surface area (Å²) < 4.78 is 0. The zero-order chi connectivity index (χ0) is 19.1. The maximum atomic E-state index is 12.3. The van der Waals surface area contributed by atoms with E-state index in [-0.39, 0.29) is 5.78 Å². The largest absolute Gasteiger partial charge is 0.348 e. The van der Waals surface area contributed by atoms with Gasteiger partial charge in [0.15, 0.2) is 5.78 Å². The summed E-state index contributed by atoms with van der Waals surface area (Å²) in [6, 6.07) is 18.0. The summed E-state index contributed by atoms with van der Waals surface area (Å²) >= 11 is 0. The third-order valence-electron chi connectivity index (χ3n) is 4.68. The third kappa shape index (κ3) is 5.50. The highest BCUT2D eigenvalue weighted by Gasteiger charge is 2.15. The molecule has 138 valence electrons. The van der Waals surface area contributed by atoms with Crippen LogP contribution in [0.1, 0.15) is 29.3 Å². The molecule has 0 saturated heterocycles. The van der Waals surface area contributed by atoms with Gasteiger partial charge in [0.1, 0.15) is 0 Å². The molecule has 1 aromatic heterocycles. The highest BCUT2D eigenvalue weighted by Crippen LogP contribution is 2.17. The van der Waals surface area contributed by atoms with Crippen LogP contribution in [-0.2, 0) is 24.1 Å². The van der Waals surface area contributed by atoms with Gasteiger partial charge in [-0.3, -0.25) is 4.79 Å². The second-order valence-electron chi connectivity index (χ2n) is 6.80. The number of allylic oxidation sites excluding steroid dienone is 2. The number of rotatable bonds is 8. The highest BCUT2D eigenvalue weighted by molar-refractivity contribution is 5.86. The molecule has 2 aromatic carbocycles. The average Bonchev–Trinajstić information content (AvgIpc) is 3.20. The Morgan fingerprint density at radius 3 is 2.52 bits per heavy atom. The highest BCUT2D eigenvalue weighted by atomic mass is 16.1. The summed E-state index contributed by atoms with van der Waals surface area (Å²) in [6.07, 6.45) is 7.27. The van der Waals surface area contributed by atoms with Gasteiger partial charge in [-0.05, 0) is 35.6 Å². The molecular weight excluding hydrogens is 334 g/mol. The Morgan fingerprint density at radius 1 is 1.11 bits per heavy atom. The van der Waals surface area contributed by atoms with Crippen LogP contribution in [0, 0.1) is 0 Å². The van der Waals surface area contributed by atoms with Gasteiger partial charge in [-0.1, -0.05) is 60.7 Å². The molecule has 0 radical (unpaired) electrons. The molecule has 0 aliphatic carbocycles. The van der Waals surface area contributed by atoms with Crippen LogP contribution >= 0.6 is 0 Å². The summed E-state index contributed by atoms with van der Waals surface area (Å²) in [6.45, 7) is 2.11. The number of imidazole rings is 1. The number of aromatic amines is 1. The smallest absolute Gasteiger partial charge is 0.154 e. The molecule has 0 amide bonds. The molecule has 3 rings (SSSR count). The maximum Gasteiger partial charge on any atom is 0.154 e. The normalized spacial score (nSPS) is 12.7. The van der Waals surface area contributed by atoms with Gasteiger partial charge in [0.25, 0.3) is 0 Å². The maximum absolute atomic E-state index is 12.3. The summed E-state index contributed by atoms with van der Waals surface area (Å²) in [5.41, 5.74) is 11.6. The van der Waals surface area contributed by atoms with Gasteiger partial charge in [-0.15, -0.1) is 0 Å². The SMILES string of the molecule is C/C(=C\Cc1ccccc1)c1ccc(CC(=O)[C@@H](N)Cc2cnc[nH]2)cc1. The molecule has 3 N–H and O–H groups in total. The molecule has 0 aliphatic rings. The van der Waals surface area contributed by atoms with Gasteiger partial charge in [-0.2, -0.15) is 0 Å². The zero-order valence-electron chi connectivity index (χ0n) is 15.6. The first-order chi connectivity index (χ1) is 13.1. The first-order valence-corrected chi connectivity index (χ1v) is 9.17. The number of ketones is 1. The first-order valence-electron chi connectivity index (χ1n) is 9.17. The lowest BCUT2D eigenvalue weighted by Gasteiger charge is -2.10. The average molecular weight is 359 g/mol. The van der Waals surface area contributed by atoms with E-state index in [1.54, 1.807) is 12.5 Å². The molecule has 0 spiro atoms. The molecular formula is C23H25N3O. The fourth-order valence-corrected chi connectivity index (χ4v) is 2.97. The van der Waals surface area contributed by atoms with Crippen molar-refractivity contribution >= 4 is 11.4 Å². The number of hydrogen-bond donors (Lipinski definition) is 2. The van der Waals surface area contributed by atoms with Crippen LogP contribution < -0.4 is 5.73 Å². The van der Waals surface area contributed by atoms with Gasteiger partial charge < -0.3 is 10.7 Å². The topological polar surface area (TPSA) is 71.8 Å². The van der Waals surface area contributed by atoms with E-state index in [1.165, 1.54) is 16.7 Å². The van der Waals surface area contributed by atoms with Gasteiger partial charge in [0.2, 0.25) is 0 Å². The van der Waals surface area contributed by atoms with Crippen molar-refractivity contribution in [1.82, 2.24) is 9.97 Å². The number of H-pyrrole nitrogens is 1. The van der Waals surface area contributed by atoms with Crippen LogP contribution in [0.5, 0.6) is 0 Å². The van der Waals surface area contributed by atoms with E-state index in [9.17, 15) is 4.79 Å². The van der Waals surface area contributed by atoms with Gasteiger partial charge >= 0.3 is 0 Å². The Kier molecular flexibility index (Phi) is 6.34. The molecule has 4 heteroatoms. The molecule has 4 nitrogen and oxygen atoms in total. The molecule has 1 heterocycles. The number of aromatic nitrogens is 2. The van der Waals surface area contributed by atoms with Crippen LogP contribution in [0.25, 0.3) is 5.57 Å². The predicted octanol–water partition coefficient (Wildman–Crippen LogP) is 3.74. The van der Waals surface area contributed by atoms with Gasteiger partial charge in [0, 0.05) is 24.7 Å². The minimum atomic E-state index is -0.516. The van der Waals surface area contributed by atoms with Crippen LogP contribution in [0.4, 0.5) is 0 Å². The van der Waals surface area contributed by atoms with Crippen LogP contribution in [0.2, 0.25) is 0 Å².